The van der Waals surface area contributed by atoms with Gasteiger partial charge in [-0.15, -0.1) is 0 Å². The average Bonchev–Trinajstić information content (AvgIpc) is 2.65. The molecule has 0 saturated carbocycles. The maximum absolute atomic E-state index is 12.0. The number of benzene rings is 1. The molecule has 2 rings (SSSR count). The van der Waals surface area contributed by atoms with Crippen molar-refractivity contribution in [2.24, 2.45) is 5.73 Å². The number of hydrogen-bond donors (Lipinski definition) is 2. The van der Waals surface area contributed by atoms with Crippen molar-refractivity contribution in [2.75, 3.05) is 7.05 Å². The van der Waals surface area contributed by atoms with Gasteiger partial charge in [0.05, 0.1) is 0 Å². The molecule has 1 unspecified atom stereocenters. The molecule has 0 spiro atoms. The Morgan fingerprint density at radius 2 is 2.11 bits per heavy atom. The fraction of sp³-hybridized carbons (Fsp3) is 0.400. The van der Waals surface area contributed by atoms with Crippen LogP contribution in [0.15, 0.2) is 24.3 Å². The van der Waals surface area contributed by atoms with E-state index in [1.165, 1.54) is 10.9 Å². The second kappa shape index (κ2) is 5.45. The fourth-order valence-corrected chi connectivity index (χ4v) is 2.30. The molecule has 4 nitrogen and oxygen atoms in total. The number of aromatic nitrogens is 1. The monoisotopic (exact) mass is 259 g/mol. The molecule has 0 saturated heterocycles. The van der Waals surface area contributed by atoms with Crippen molar-refractivity contribution >= 4 is 16.8 Å². The Kier molecular flexibility index (Phi) is 3.90. The van der Waals surface area contributed by atoms with E-state index in [1.807, 2.05) is 33.0 Å². The zero-order valence-corrected chi connectivity index (χ0v) is 11.7. The number of para-hydroxylation sites is 1. The topological polar surface area (TPSA) is 62.1 Å². The standard InChI is InChI=1S/C15H21N3O/c1-10(16)8-15(19)18(3)9-13-11(2)17-14-7-5-4-6-12(13)14/h4-7,10,17H,8-9,16H2,1-3H3. The molecule has 0 aliphatic heterocycles. The third kappa shape index (κ3) is 2.96. The molecule has 0 aliphatic carbocycles. The summed E-state index contributed by atoms with van der Waals surface area (Å²) in [5.74, 6) is 0.0830. The van der Waals surface area contributed by atoms with Crippen LogP contribution in [-0.2, 0) is 11.3 Å². The van der Waals surface area contributed by atoms with Gasteiger partial charge >= 0.3 is 0 Å². The van der Waals surface area contributed by atoms with Gasteiger partial charge in [-0.1, -0.05) is 18.2 Å². The van der Waals surface area contributed by atoms with E-state index in [9.17, 15) is 4.79 Å². The van der Waals surface area contributed by atoms with Crippen LogP contribution in [0.4, 0.5) is 0 Å². The van der Waals surface area contributed by atoms with E-state index in [-0.39, 0.29) is 11.9 Å². The van der Waals surface area contributed by atoms with Crippen molar-refractivity contribution in [3.8, 4) is 0 Å². The maximum atomic E-state index is 12.0. The van der Waals surface area contributed by atoms with E-state index in [0.717, 1.165) is 11.2 Å². The largest absolute Gasteiger partial charge is 0.358 e. The molecule has 0 fully saturated rings. The minimum absolute atomic E-state index is 0.0830. The molecular formula is C15H21N3O. The fourth-order valence-electron chi connectivity index (χ4n) is 2.30. The third-order valence-corrected chi connectivity index (χ3v) is 3.34. The van der Waals surface area contributed by atoms with Crippen LogP contribution in [0.25, 0.3) is 10.9 Å². The SMILES string of the molecule is Cc1[nH]c2ccccc2c1CN(C)C(=O)CC(C)N. The summed E-state index contributed by atoms with van der Waals surface area (Å²) in [7, 11) is 1.83. The van der Waals surface area contributed by atoms with Crippen LogP contribution in [0.2, 0.25) is 0 Å². The number of carbonyl (C=O) groups excluding carboxylic acids is 1. The van der Waals surface area contributed by atoms with Crippen molar-refractivity contribution in [1.29, 1.82) is 0 Å². The number of hydrogen-bond acceptors (Lipinski definition) is 2. The number of nitrogens with two attached hydrogens (primary N) is 1. The molecule has 0 bridgehead atoms. The molecule has 0 aliphatic rings. The lowest BCUT2D eigenvalue weighted by atomic mass is 10.1. The summed E-state index contributed by atoms with van der Waals surface area (Å²) in [6.07, 6.45) is 0.387. The lowest BCUT2D eigenvalue weighted by molar-refractivity contribution is -0.130. The normalized spacial score (nSPS) is 12.6. The summed E-state index contributed by atoms with van der Waals surface area (Å²) in [4.78, 5) is 17.1. The molecule has 2 aromatic rings. The lowest BCUT2D eigenvalue weighted by Gasteiger charge is -2.18. The molecular weight excluding hydrogens is 238 g/mol. The molecule has 19 heavy (non-hydrogen) atoms. The summed E-state index contributed by atoms with van der Waals surface area (Å²) in [5, 5.41) is 1.18. The summed E-state index contributed by atoms with van der Waals surface area (Å²) in [5.41, 5.74) is 9.07. The third-order valence-electron chi connectivity index (χ3n) is 3.34. The van der Waals surface area contributed by atoms with Crippen molar-refractivity contribution in [3.05, 3.63) is 35.5 Å². The van der Waals surface area contributed by atoms with Gasteiger partial charge in [-0.2, -0.15) is 0 Å². The first-order valence-corrected chi connectivity index (χ1v) is 6.54. The summed E-state index contributed by atoms with van der Waals surface area (Å²) >= 11 is 0. The smallest absolute Gasteiger partial charge is 0.224 e. The number of nitrogens with zero attached hydrogens (tertiary/aromatic N) is 1. The highest BCUT2D eigenvalue weighted by Crippen LogP contribution is 2.23. The van der Waals surface area contributed by atoms with Gasteiger partial charge in [-0.25, -0.2) is 0 Å². The molecule has 1 atom stereocenters. The summed E-state index contributed by atoms with van der Waals surface area (Å²) < 4.78 is 0. The van der Waals surface area contributed by atoms with Crippen LogP contribution in [0.1, 0.15) is 24.6 Å². The highest BCUT2D eigenvalue weighted by atomic mass is 16.2. The number of rotatable bonds is 4. The van der Waals surface area contributed by atoms with Gasteiger partial charge in [-0.3, -0.25) is 4.79 Å². The molecule has 1 aromatic carbocycles. The number of aromatic amines is 1. The number of H-pyrrole nitrogens is 1. The van der Waals surface area contributed by atoms with Gasteiger partial charge in [0.15, 0.2) is 0 Å². The molecule has 1 heterocycles. The van der Waals surface area contributed by atoms with Crippen molar-refractivity contribution < 1.29 is 4.79 Å². The number of nitrogens with one attached hydrogen (secondary N) is 1. The Hall–Kier alpha value is -1.81. The van der Waals surface area contributed by atoms with Crippen LogP contribution >= 0.6 is 0 Å². The minimum Gasteiger partial charge on any atom is -0.358 e. The summed E-state index contributed by atoms with van der Waals surface area (Å²) in [6.45, 7) is 4.50. The van der Waals surface area contributed by atoms with Gasteiger partial charge in [0, 0.05) is 42.7 Å². The second-order valence-electron chi connectivity index (χ2n) is 5.21. The van der Waals surface area contributed by atoms with Crippen molar-refractivity contribution in [3.63, 3.8) is 0 Å². The Morgan fingerprint density at radius 1 is 1.42 bits per heavy atom. The van der Waals surface area contributed by atoms with Gasteiger partial charge in [0.25, 0.3) is 0 Å². The van der Waals surface area contributed by atoms with Crippen molar-refractivity contribution in [1.82, 2.24) is 9.88 Å². The Balaban J connectivity index is 2.21. The van der Waals surface area contributed by atoms with Gasteiger partial charge in [-0.05, 0) is 25.5 Å². The Morgan fingerprint density at radius 3 is 2.79 bits per heavy atom. The zero-order chi connectivity index (χ0) is 14.0. The molecule has 1 amide bonds. The highest BCUT2D eigenvalue weighted by molar-refractivity contribution is 5.85. The first-order chi connectivity index (χ1) is 8.99. The second-order valence-corrected chi connectivity index (χ2v) is 5.21. The zero-order valence-electron chi connectivity index (χ0n) is 11.7. The van der Waals surface area contributed by atoms with Crippen LogP contribution in [0.5, 0.6) is 0 Å². The molecule has 3 N–H and O–H groups in total. The van der Waals surface area contributed by atoms with E-state index >= 15 is 0 Å². The minimum atomic E-state index is -0.0981. The van der Waals surface area contributed by atoms with E-state index < -0.39 is 0 Å². The predicted octanol–water partition coefficient (Wildman–Crippen LogP) is 2.17. The van der Waals surface area contributed by atoms with Gasteiger partial charge in [0.1, 0.15) is 0 Å². The molecule has 1 aromatic heterocycles. The maximum Gasteiger partial charge on any atom is 0.224 e. The van der Waals surface area contributed by atoms with Gasteiger partial charge < -0.3 is 15.6 Å². The van der Waals surface area contributed by atoms with E-state index in [0.29, 0.717) is 13.0 Å². The highest BCUT2D eigenvalue weighted by Gasteiger charge is 2.15. The first kappa shape index (κ1) is 13.6. The van der Waals surface area contributed by atoms with Crippen LogP contribution in [-0.4, -0.2) is 28.9 Å². The number of aryl methyl sites for hydroxylation is 1. The van der Waals surface area contributed by atoms with Crippen LogP contribution in [0.3, 0.4) is 0 Å². The van der Waals surface area contributed by atoms with Crippen molar-refractivity contribution in [2.45, 2.75) is 32.9 Å². The molecule has 4 heteroatoms. The lowest BCUT2D eigenvalue weighted by Crippen LogP contribution is -2.31. The number of fused-ring (bicyclic) bond motifs is 1. The average molecular weight is 259 g/mol. The van der Waals surface area contributed by atoms with Crippen LogP contribution in [0, 0.1) is 6.92 Å². The van der Waals surface area contributed by atoms with Crippen LogP contribution < -0.4 is 5.73 Å². The van der Waals surface area contributed by atoms with Gasteiger partial charge in [0.2, 0.25) is 5.91 Å². The Bertz CT molecular complexity index is 586. The first-order valence-electron chi connectivity index (χ1n) is 6.54. The quantitative estimate of drug-likeness (QED) is 0.884. The Labute approximate surface area is 113 Å². The van der Waals surface area contributed by atoms with E-state index in [4.69, 9.17) is 5.73 Å². The number of carbonyl (C=O) groups is 1. The molecule has 102 valence electrons. The predicted molar refractivity (Wildman–Crippen MR) is 77.8 cm³/mol. The molecule has 0 radical (unpaired) electrons. The number of amides is 1. The van der Waals surface area contributed by atoms with E-state index in [2.05, 4.69) is 17.1 Å². The van der Waals surface area contributed by atoms with E-state index in [1.54, 1.807) is 4.90 Å². The summed E-state index contributed by atoms with van der Waals surface area (Å²) in [6, 6.07) is 8.06.